The fraction of sp³-hybridized carbons (Fsp3) is 0.435. The summed E-state index contributed by atoms with van der Waals surface area (Å²) in [6, 6.07) is 13.7. The van der Waals surface area contributed by atoms with Gasteiger partial charge in [0.05, 0.1) is 6.04 Å². The molecule has 0 unspecified atom stereocenters. The molecule has 3 rings (SSSR count). The number of benzene rings is 2. The molecule has 1 amide bonds. The lowest BCUT2D eigenvalue weighted by Gasteiger charge is -2.38. The number of aryl methyl sites for hydroxylation is 2. The summed E-state index contributed by atoms with van der Waals surface area (Å²) in [6.07, 6.45) is 0.799. The van der Waals surface area contributed by atoms with Crippen molar-refractivity contribution in [3.63, 3.8) is 0 Å². The van der Waals surface area contributed by atoms with E-state index in [1.54, 1.807) is 0 Å². The largest absolute Gasteiger partial charge is 0.487 e. The Bertz CT molecular complexity index is 828. The van der Waals surface area contributed by atoms with Gasteiger partial charge in [-0.1, -0.05) is 31.2 Å². The van der Waals surface area contributed by atoms with E-state index in [9.17, 15) is 4.79 Å². The Kier molecular flexibility index (Phi) is 5.45. The summed E-state index contributed by atoms with van der Waals surface area (Å²) in [5.41, 5.74) is 3.05. The van der Waals surface area contributed by atoms with Crippen molar-refractivity contribution >= 4 is 5.91 Å². The summed E-state index contributed by atoms with van der Waals surface area (Å²) in [6.45, 7) is 10.2. The van der Waals surface area contributed by atoms with E-state index in [1.165, 1.54) is 5.56 Å². The first-order valence-electron chi connectivity index (χ1n) is 9.61. The highest BCUT2D eigenvalue weighted by molar-refractivity contribution is 5.81. The number of fused-ring (bicyclic) bond motifs is 1. The molecule has 2 aromatic rings. The molecule has 0 radical (unpaired) electrons. The first kappa shape index (κ1) is 19.3. The molecule has 0 aromatic heterocycles. The molecule has 0 saturated heterocycles. The maximum Gasteiger partial charge on any atom is 0.261 e. The number of ether oxygens (including phenoxy) is 2. The van der Waals surface area contributed by atoms with Gasteiger partial charge < -0.3 is 14.8 Å². The minimum atomic E-state index is -0.523. The minimum absolute atomic E-state index is 0.0881. The molecular weight excluding hydrogens is 338 g/mol. The molecule has 1 N–H and O–H groups in total. The fourth-order valence-electron chi connectivity index (χ4n) is 3.47. The van der Waals surface area contributed by atoms with Crippen molar-refractivity contribution in [2.24, 2.45) is 0 Å². The highest BCUT2D eigenvalue weighted by Gasteiger charge is 2.35. The van der Waals surface area contributed by atoms with E-state index in [1.807, 2.05) is 70.2 Å². The smallest absolute Gasteiger partial charge is 0.261 e. The van der Waals surface area contributed by atoms with Gasteiger partial charge in [0, 0.05) is 12.0 Å². The number of rotatable bonds is 5. The molecule has 2 aromatic carbocycles. The molecule has 144 valence electrons. The van der Waals surface area contributed by atoms with Crippen LogP contribution in [0.5, 0.6) is 11.5 Å². The quantitative estimate of drug-likeness (QED) is 0.819. The zero-order chi connectivity index (χ0) is 19.6. The van der Waals surface area contributed by atoms with Crippen molar-refractivity contribution in [3.8, 4) is 11.5 Å². The molecule has 4 heteroatoms. The van der Waals surface area contributed by atoms with Gasteiger partial charge in [-0.25, -0.2) is 0 Å². The SMILES string of the molecule is CC[C@@H](Oc1ccc(C)c(C)c1)C(=O)N[C@H]1CC(C)(C)Oc2ccccc21. The molecule has 1 heterocycles. The summed E-state index contributed by atoms with van der Waals surface area (Å²) in [4.78, 5) is 12.9. The molecule has 0 bridgehead atoms. The van der Waals surface area contributed by atoms with Crippen LogP contribution in [0.3, 0.4) is 0 Å². The van der Waals surface area contributed by atoms with Crippen molar-refractivity contribution in [1.29, 1.82) is 0 Å². The van der Waals surface area contributed by atoms with E-state index < -0.39 is 6.10 Å². The van der Waals surface area contributed by atoms with Crippen LogP contribution >= 0.6 is 0 Å². The maximum atomic E-state index is 12.9. The lowest BCUT2D eigenvalue weighted by Crippen LogP contribution is -2.45. The van der Waals surface area contributed by atoms with Crippen LogP contribution in [0.4, 0.5) is 0 Å². The normalized spacial score (nSPS) is 18.8. The molecule has 27 heavy (non-hydrogen) atoms. The zero-order valence-corrected chi connectivity index (χ0v) is 16.8. The Labute approximate surface area is 161 Å². The Balaban J connectivity index is 1.75. The third kappa shape index (κ3) is 4.44. The monoisotopic (exact) mass is 367 g/mol. The molecule has 1 aliphatic rings. The van der Waals surface area contributed by atoms with Crippen LogP contribution < -0.4 is 14.8 Å². The van der Waals surface area contributed by atoms with Crippen molar-refractivity contribution in [3.05, 3.63) is 59.2 Å². The van der Waals surface area contributed by atoms with Gasteiger partial charge >= 0.3 is 0 Å². The zero-order valence-electron chi connectivity index (χ0n) is 16.8. The van der Waals surface area contributed by atoms with Gasteiger partial charge in [-0.2, -0.15) is 0 Å². The molecule has 2 atom stereocenters. The van der Waals surface area contributed by atoms with Crippen molar-refractivity contribution in [2.75, 3.05) is 0 Å². The number of para-hydroxylation sites is 1. The van der Waals surface area contributed by atoms with E-state index in [0.717, 1.165) is 29.0 Å². The van der Waals surface area contributed by atoms with Crippen LogP contribution in [-0.2, 0) is 4.79 Å². The van der Waals surface area contributed by atoms with Crippen LogP contribution in [0.1, 0.15) is 56.3 Å². The van der Waals surface area contributed by atoms with Gasteiger partial charge in [-0.15, -0.1) is 0 Å². The third-order valence-corrected chi connectivity index (χ3v) is 5.11. The number of hydrogen-bond donors (Lipinski definition) is 1. The van der Waals surface area contributed by atoms with Crippen LogP contribution in [0.2, 0.25) is 0 Å². The predicted molar refractivity (Wildman–Crippen MR) is 107 cm³/mol. The first-order chi connectivity index (χ1) is 12.8. The average Bonchev–Trinajstić information content (AvgIpc) is 2.61. The summed E-state index contributed by atoms with van der Waals surface area (Å²) < 4.78 is 12.1. The first-order valence-corrected chi connectivity index (χ1v) is 9.61. The third-order valence-electron chi connectivity index (χ3n) is 5.11. The summed E-state index contributed by atoms with van der Waals surface area (Å²) in [5, 5.41) is 3.18. The molecular formula is C23H29NO3. The average molecular weight is 367 g/mol. The van der Waals surface area contributed by atoms with Crippen molar-refractivity contribution in [2.45, 2.75) is 65.2 Å². The molecule has 1 aliphatic heterocycles. The lowest BCUT2D eigenvalue weighted by atomic mass is 9.89. The summed E-state index contributed by atoms with van der Waals surface area (Å²) >= 11 is 0. The molecule has 0 spiro atoms. The molecule has 0 saturated carbocycles. The second kappa shape index (κ2) is 7.63. The van der Waals surface area contributed by atoms with Crippen LogP contribution in [0.25, 0.3) is 0 Å². The highest BCUT2D eigenvalue weighted by atomic mass is 16.5. The van der Waals surface area contributed by atoms with Crippen LogP contribution in [0, 0.1) is 13.8 Å². The van der Waals surface area contributed by atoms with Crippen molar-refractivity contribution < 1.29 is 14.3 Å². The molecule has 0 fully saturated rings. The van der Waals surface area contributed by atoms with Gasteiger partial charge in [0.15, 0.2) is 6.10 Å². The number of carbonyl (C=O) groups is 1. The van der Waals surface area contributed by atoms with E-state index in [0.29, 0.717) is 6.42 Å². The number of nitrogens with one attached hydrogen (secondary N) is 1. The lowest BCUT2D eigenvalue weighted by molar-refractivity contribution is -0.129. The van der Waals surface area contributed by atoms with Gasteiger partial charge in [0.2, 0.25) is 0 Å². The van der Waals surface area contributed by atoms with Gasteiger partial charge in [0.25, 0.3) is 5.91 Å². The summed E-state index contributed by atoms with van der Waals surface area (Å²) in [7, 11) is 0. The van der Waals surface area contributed by atoms with E-state index >= 15 is 0 Å². The van der Waals surface area contributed by atoms with Crippen molar-refractivity contribution in [1.82, 2.24) is 5.32 Å². The van der Waals surface area contributed by atoms with E-state index in [-0.39, 0.29) is 17.6 Å². The Hall–Kier alpha value is -2.49. The number of amides is 1. The Morgan fingerprint density at radius 3 is 2.67 bits per heavy atom. The van der Waals surface area contributed by atoms with Crippen LogP contribution in [-0.4, -0.2) is 17.6 Å². The number of hydrogen-bond acceptors (Lipinski definition) is 3. The molecule has 0 aliphatic carbocycles. The maximum absolute atomic E-state index is 12.9. The second-order valence-electron chi connectivity index (χ2n) is 7.93. The minimum Gasteiger partial charge on any atom is -0.487 e. The van der Waals surface area contributed by atoms with Crippen LogP contribution in [0.15, 0.2) is 42.5 Å². The Morgan fingerprint density at radius 1 is 1.22 bits per heavy atom. The fourth-order valence-corrected chi connectivity index (χ4v) is 3.47. The highest BCUT2D eigenvalue weighted by Crippen LogP contribution is 2.39. The van der Waals surface area contributed by atoms with Gasteiger partial charge in [0.1, 0.15) is 17.1 Å². The standard InChI is InChI=1S/C23H29NO3/c1-6-20(26-17-12-11-15(2)16(3)13-17)22(25)24-19-14-23(4,5)27-21-10-8-7-9-18(19)21/h7-13,19-20H,6,14H2,1-5H3,(H,24,25)/t19-,20+/m0/s1. The van der Waals surface area contributed by atoms with E-state index in [2.05, 4.69) is 12.2 Å². The molecule has 4 nitrogen and oxygen atoms in total. The van der Waals surface area contributed by atoms with Gasteiger partial charge in [-0.05, 0) is 63.4 Å². The van der Waals surface area contributed by atoms with E-state index in [4.69, 9.17) is 9.47 Å². The Morgan fingerprint density at radius 2 is 1.96 bits per heavy atom. The summed E-state index contributed by atoms with van der Waals surface area (Å²) in [5.74, 6) is 1.48. The predicted octanol–water partition coefficient (Wildman–Crippen LogP) is 4.88. The van der Waals surface area contributed by atoms with Gasteiger partial charge in [-0.3, -0.25) is 4.79 Å². The second-order valence-corrected chi connectivity index (χ2v) is 7.93. The number of carbonyl (C=O) groups excluding carboxylic acids is 1. The topological polar surface area (TPSA) is 47.6 Å².